The van der Waals surface area contributed by atoms with Crippen molar-refractivity contribution in [1.29, 1.82) is 0 Å². The van der Waals surface area contributed by atoms with Gasteiger partial charge in [0.1, 0.15) is 0 Å². The third kappa shape index (κ3) is 4.66. The summed E-state index contributed by atoms with van der Waals surface area (Å²) in [5.41, 5.74) is 0. The van der Waals surface area contributed by atoms with Gasteiger partial charge in [-0.3, -0.25) is 0 Å². The lowest BCUT2D eigenvalue weighted by molar-refractivity contribution is 0.0837. The van der Waals surface area contributed by atoms with Gasteiger partial charge in [-0.25, -0.2) is 0 Å². The van der Waals surface area contributed by atoms with Crippen LogP contribution in [-0.2, 0) is 0 Å². The molecule has 0 aromatic heterocycles. The molecule has 0 aliphatic carbocycles. The number of aliphatic hydroxyl groups is 3. The molecule has 0 aromatic rings. The van der Waals surface area contributed by atoms with Gasteiger partial charge in [0.2, 0.25) is 0 Å². The molecule has 0 heterocycles. The molecule has 3 nitrogen and oxygen atoms in total. The molecule has 4 unspecified atom stereocenters. The normalized spacial score (nSPS) is 21.2. The monoisotopic (exact) mass is 286 g/mol. The van der Waals surface area contributed by atoms with Crippen molar-refractivity contribution in [2.75, 3.05) is 12.4 Å². The summed E-state index contributed by atoms with van der Waals surface area (Å²) in [6, 6.07) is 0. The smallest absolute Gasteiger partial charge is 0.0703 e. The third-order valence-electron chi connectivity index (χ3n) is 2.68. The second-order valence-corrected chi connectivity index (χ2v) is 5.87. The van der Waals surface area contributed by atoms with Crippen molar-refractivity contribution in [1.82, 2.24) is 0 Å². The van der Waals surface area contributed by atoms with Crippen LogP contribution in [0.4, 0.5) is 0 Å². The summed E-state index contributed by atoms with van der Waals surface area (Å²) in [6.07, 6.45) is 0.144. The van der Waals surface area contributed by atoms with Gasteiger partial charge >= 0.3 is 0 Å². The lowest BCUT2D eigenvalue weighted by atomic mass is 9.88. The molecule has 0 bridgehead atoms. The lowest BCUT2D eigenvalue weighted by Crippen LogP contribution is -2.49. The number of rotatable bonds is 8. The molecule has 6 heteroatoms. The van der Waals surface area contributed by atoms with E-state index in [1.807, 2.05) is 0 Å². The standard InChI is InChI=1S/C10H22O3S3/c1-7(12)9(15)10(16,4-2-5-11)8(13)3-6-14/h7-9,11-16H,2-6H2,1H3. The van der Waals surface area contributed by atoms with Gasteiger partial charge in [-0.1, -0.05) is 0 Å². The van der Waals surface area contributed by atoms with Crippen molar-refractivity contribution in [3.8, 4) is 0 Å². The van der Waals surface area contributed by atoms with E-state index in [0.717, 1.165) is 0 Å². The van der Waals surface area contributed by atoms with Crippen molar-refractivity contribution in [2.45, 2.75) is 48.4 Å². The van der Waals surface area contributed by atoms with E-state index in [-0.39, 0.29) is 6.61 Å². The van der Waals surface area contributed by atoms with Crippen molar-refractivity contribution in [3.63, 3.8) is 0 Å². The molecule has 0 saturated carbocycles. The number of hydrogen-bond acceptors (Lipinski definition) is 6. The van der Waals surface area contributed by atoms with E-state index in [4.69, 9.17) is 5.11 Å². The minimum atomic E-state index is -0.803. The van der Waals surface area contributed by atoms with E-state index < -0.39 is 22.2 Å². The molecule has 0 spiro atoms. The van der Waals surface area contributed by atoms with E-state index in [1.165, 1.54) is 0 Å². The lowest BCUT2D eigenvalue weighted by Gasteiger charge is -2.39. The third-order valence-corrected chi connectivity index (χ3v) is 4.84. The minimum Gasteiger partial charge on any atom is -0.396 e. The fourth-order valence-electron chi connectivity index (χ4n) is 1.66. The van der Waals surface area contributed by atoms with Crippen LogP contribution >= 0.6 is 37.9 Å². The van der Waals surface area contributed by atoms with Crippen LogP contribution in [0.5, 0.6) is 0 Å². The van der Waals surface area contributed by atoms with Crippen LogP contribution in [0.2, 0.25) is 0 Å². The van der Waals surface area contributed by atoms with Gasteiger partial charge in [-0.05, 0) is 31.9 Å². The molecule has 0 aliphatic rings. The molecule has 0 saturated heterocycles. The first-order chi connectivity index (χ1) is 7.40. The van der Waals surface area contributed by atoms with Crippen LogP contribution in [0.25, 0.3) is 0 Å². The van der Waals surface area contributed by atoms with Crippen LogP contribution in [0, 0.1) is 0 Å². The molecule has 0 amide bonds. The summed E-state index contributed by atoms with van der Waals surface area (Å²) in [4.78, 5) is 0. The minimum absolute atomic E-state index is 0.0379. The molecule has 0 rings (SSSR count). The van der Waals surface area contributed by atoms with E-state index in [9.17, 15) is 10.2 Å². The predicted octanol–water partition coefficient (Wildman–Crippen LogP) is 0.787. The summed E-state index contributed by atoms with van der Waals surface area (Å²) in [5, 5.41) is 28.0. The van der Waals surface area contributed by atoms with Gasteiger partial charge in [0.25, 0.3) is 0 Å². The highest BCUT2D eigenvalue weighted by atomic mass is 32.1. The maximum absolute atomic E-state index is 10.0. The molecule has 16 heavy (non-hydrogen) atoms. The molecule has 0 fully saturated rings. The number of hydrogen-bond donors (Lipinski definition) is 6. The fourth-order valence-corrected chi connectivity index (χ4v) is 2.71. The highest BCUT2D eigenvalue weighted by Gasteiger charge is 2.41. The first-order valence-electron chi connectivity index (χ1n) is 5.38. The molecule has 0 aromatic carbocycles. The molecule has 3 N–H and O–H groups in total. The second-order valence-electron chi connectivity index (χ2n) is 4.03. The topological polar surface area (TPSA) is 60.7 Å². The summed E-state index contributed by atoms with van der Waals surface area (Å²) >= 11 is 12.9. The van der Waals surface area contributed by atoms with Gasteiger partial charge < -0.3 is 15.3 Å². The second kappa shape index (κ2) is 8.11. The van der Waals surface area contributed by atoms with Crippen LogP contribution in [0.1, 0.15) is 26.2 Å². The maximum Gasteiger partial charge on any atom is 0.0703 e. The Bertz CT molecular complexity index is 192. The van der Waals surface area contributed by atoms with Gasteiger partial charge in [0.15, 0.2) is 0 Å². The van der Waals surface area contributed by atoms with Crippen molar-refractivity contribution < 1.29 is 15.3 Å². The van der Waals surface area contributed by atoms with E-state index >= 15 is 0 Å². The van der Waals surface area contributed by atoms with Crippen LogP contribution in [0.3, 0.4) is 0 Å². The summed E-state index contributed by atoms with van der Waals surface area (Å²) in [6.45, 7) is 1.66. The van der Waals surface area contributed by atoms with Crippen LogP contribution in [0.15, 0.2) is 0 Å². The zero-order chi connectivity index (χ0) is 12.8. The average molecular weight is 286 g/mol. The van der Waals surface area contributed by atoms with Gasteiger partial charge in [-0.2, -0.15) is 37.9 Å². The van der Waals surface area contributed by atoms with Crippen molar-refractivity contribution in [3.05, 3.63) is 0 Å². The van der Waals surface area contributed by atoms with Gasteiger partial charge in [-0.15, -0.1) is 0 Å². The molecular formula is C10H22O3S3. The SMILES string of the molecule is CC(O)C(S)C(S)(CCCO)C(O)CCS. The summed E-state index contributed by atoms with van der Waals surface area (Å²) in [7, 11) is 0. The summed E-state index contributed by atoms with van der Waals surface area (Å²) in [5.74, 6) is 0.545. The van der Waals surface area contributed by atoms with Gasteiger partial charge in [0, 0.05) is 11.9 Å². The Balaban J connectivity index is 4.71. The Morgan fingerprint density at radius 1 is 1.31 bits per heavy atom. The van der Waals surface area contributed by atoms with E-state index in [2.05, 4.69) is 37.9 Å². The summed E-state index contributed by atoms with van der Waals surface area (Å²) < 4.78 is -0.803. The Kier molecular flexibility index (Phi) is 8.58. The largest absolute Gasteiger partial charge is 0.396 e. The molecule has 98 valence electrons. The first-order valence-corrected chi connectivity index (χ1v) is 6.98. The zero-order valence-electron chi connectivity index (χ0n) is 9.45. The molecule has 4 atom stereocenters. The molecule has 0 radical (unpaired) electrons. The number of aliphatic hydroxyl groups excluding tert-OH is 3. The Morgan fingerprint density at radius 3 is 2.25 bits per heavy atom. The van der Waals surface area contributed by atoms with Crippen LogP contribution < -0.4 is 0 Å². The molecular weight excluding hydrogens is 264 g/mol. The fraction of sp³-hybridized carbons (Fsp3) is 1.00. The van der Waals surface area contributed by atoms with Crippen molar-refractivity contribution >= 4 is 37.9 Å². The highest BCUT2D eigenvalue weighted by Crippen LogP contribution is 2.36. The average Bonchev–Trinajstić information content (AvgIpc) is 2.24. The molecule has 0 aliphatic heterocycles. The van der Waals surface area contributed by atoms with Gasteiger partial charge in [0.05, 0.1) is 17.0 Å². The Hall–Kier alpha value is 0.930. The maximum atomic E-state index is 10.0. The quantitative estimate of drug-likeness (QED) is 0.374. The predicted molar refractivity (Wildman–Crippen MR) is 77.0 cm³/mol. The zero-order valence-corrected chi connectivity index (χ0v) is 12.1. The Labute approximate surface area is 114 Å². The van der Waals surface area contributed by atoms with E-state index in [1.54, 1.807) is 6.92 Å². The first kappa shape index (κ1) is 16.9. The highest BCUT2D eigenvalue weighted by molar-refractivity contribution is 7.86. The van der Waals surface area contributed by atoms with Crippen molar-refractivity contribution in [2.24, 2.45) is 0 Å². The Morgan fingerprint density at radius 2 is 1.88 bits per heavy atom. The van der Waals surface area contributed by atoms with E-state index in [0.29, 0.717) is 25.0 Å². The van der Waals surface area contributed by atoms with Crippen LogP contribution in [-0.4, -0.2) is 49.9 Å². The number of thiol groups is 3.